The van der Waals surface area contributed by atoms with Crippen molar-refractivity contribution in [3.63, 3.8) is 0 Å². The lowest BCUT2D eigenvalue weighted by Crippen LogP contribution is -2.38. The van der Waals surface area contributed by atoms with E-state index in [-0.39, 0.29) is 29.8 Å². The highest BCUT2D eigenvalue weighted by molar-refractivity contribution is 14.0. The van der Waals surface area contributed by atoms with Gasteiger partial charge in [0.15, 0.2) is 5.96 Å². The van der Waals surface area contributed by atoms with E-state index in [0.717, 1.165) is 18.1 Å². The molecule has 0 radical (unpaired) electrons. The van der Waals surface area contributed by atoms with Crippen LogP contribution in [0.5, 0.6) is 11.6 Å². The van der Waals surface area contributed by atoms with Crippen molar-refractivity contribution in [2.75, 3.05) is 6.54 Å². The smallest absolute Gasteiger partial charge is 0.219 e. The molecule has 7 heteroatoms. The van der Waals surface area contributed by atoms with Crippen LogP contribution in [0.4, 0.5) is 4.39 Å². The Kier molecular flexibility index (Phi) is 7.42. The second kappa shape index (κ2) is 9.55. The van der Waals surface area contributed by atoms with E-state index in [1.807, 2.05) is 13.0 Å². The summed E-state index contributed by atoms with van der Waals surface area (Å²) in [5.41, 5.74) is 0.995. The van der Waals surface area contributed by atoms with Crippen molar-refractivity contribution >= 4 is 29.9 Å². The number of guanidine groups is 1. The summed E-state index contributed by atoms with van der Waals surface area (Å²) in [5, 5.41) is 6.61. The van der Waals surface area contributed by atoms with Gasteiger partial charge < -0.3 is 15.4 Å². The van der Waals surface area contributed by atoms with Gasteiger partial charge in [0.2, 0.25) is 5.88 Å². The van der Waals surface area contributed by atoms with Gasteiger partial charge in [-0.2, -0.15) is 0 Å². The molecule has 0 atom stereocenters. The maximum Gasteiger partial charge on any atom is 0.219 e. The van der Waals surface area contributed by atoms with E-state index in [2.05, 4.69) is 20.6 Å². The Bertz CT molecular complexity index is 687. The summed E-state index contributed by atoms with van der Waals surface area (Å²) in [6.07, 6.45) is 4.16. The summed E-state index contributed by atoms with van der Waals surface area (Å²) in [7, 11) is 0. The largest absolute Gasteiger partial charge is 0.439 e. The molecule has 3 rings (SSSR count). The minimum Gasteiger partial charge on any atom is -0.439 e. The zero-order chi connectivity index (χ0) is 16.8. The first-order chi connectivity index (χ1) is 11.7. The number of aliphatic imine (C=N–C) groups is 1. The molecule has 5 nitrogen and oxygen atoms in total. The number of benzene rings is 1. The van der Waals surface area contributed by atoms with Crippen molar-refractivity contribution in [2.45, 2.75) is 32.4 Å². The standard InChI is InChI=1S/C18H21FN4O.HI/c1-2-20-18(23-15-6-7-15)22-12-13-3-10-17(21-11-13)24-16-8-4-14(19)5-9-16;/h3-5,8-11,15H,2,6-7,12H2,1H3,(H2,20,22,23);1H. The zero-order valence-corrected chi connectivity index (χ0v) is 16.4. The molecule has 0 bridgehead atoms. The number of rotatable bonds is 6. The van der Waals surface area contributed by atoms with E-state index in [9.17, 15) is 4.39 Å². The molecule has 0 saturated heterocycles. The van der Waals surface area contributed by atoms with Crippen LogP contribution in [-0.4, -0.2) is 23.5 Å². The van der Waals surface area contributed by atoms with Crippen molar-refractivity contribution in [1.29, 1.82) is 0 Å². The molecule has 0 unspecified atom stereocenters. The van der Waals surface area contributed by atoms with Gasteiger partial charge in [0.1, 0.15) is 11.6 Å². The maximum atomic E-state index is 12.9. The first-order valence-corrected chi connectivity index (χ1v) is 8.16. The van der Waals surface area contributed by atoms with E-state index >= 15 is 0 Å². The molecular weight excluding hydrogens is 434 g/mol. The Morgan fingerprint density at radius 1 is 1.24 bits per heavy atom. The molecule has 0 amide bonds. The van der Waals surface area contributed by atoms with Gasteiger partial charge >= 0.3 is 0 Å². The van der Waals surface area contributed by atoms with Gasteiger partial charge in [-0.25, -0.2) is 14.4 Å². The molecule has 1 aromatic heterocycles. The number of hydrogen-bond acceptors (Lipinski definition) is 3. The first-order valence-electron chi connectivity index (χ1n) is 8.16. The first kappa shape index (κ1) is 19.4. The van der Waals surface area contributed by atoms with E-state index in [1.54, 1.807) is 24.4 Å². The molecule has 1 aromatic carbocycles. The fraction of sp³-hybridized carbons (Fsp3) is 0.333. The van der Waals surface area contributed by atoms with Gasteiger partial charge in [-0.1, -0.05) is 6.07 Å². The van der Waals surface area contributed by atoms with E-state index in [1.165, 1.54) is 25.0 Å². The van der Waals surface area contributed by atoms with Crippen LogP contribution in [0.25, 0.3) is 0 Å². The second-order valence-corrected chi connectivity index (χ2v) is 5.67. The summed E-state index contributed by atoms with van der Waals surface area (Å²) in [6, 6.07) is 10.1. The number of ether oxygens (including phenoxy) is 1. The van der Waals surface area contributed by atoms with Crippen LogP contribution in [0.1, 0.15) is 25.3 Å². The summed E-state index contributed by atoms with van der Waals surface area (Å²) in [4.78, 5) is 8.83. The number of pyridine rings is 1. The highest BCUT2D eigenvalue weighted by Gasteiger charge is 2.21. The van der Waals surface area contributed by atoms with Crippen molar-refractivity contribution in [3.8, 4) is 11.6 Å². The molecule has 1 fully saturated rings. The average molecular weight is 456 g/mol. The molecule has 2 N–H and O–H groups in total. The average Bonchev–Trinajstić information content (AvgIpc) is 3.40. The number of aromatic nitrogens is 1. The van der Waals surface area contributed by atoms with Gasteiger partial charge in [0.05, 0.1) is 6.54 Å². The summed E-state index contributed by atoms with van der Waals surface area (Å²) in [6.45, 7) is 3.43. The maximum absolute atomic E-state index is 12.9. The minimum atomic E-state index is -0.292. The monoisotopic (exact) mass is 456 g/mol. The van der Waals surface area contributed by atoms with Crippen LogP contribution in [0, 0.1) is 5.82 Å². The number of nitrogens with zero attached hydrogens (tertiary/aromatic N) is 2. The van der Waals surface area contributed by atoms with E-state index in [4.69, 9.17) is 4.74 Å². The number of nitrogens with one attached hydrogen (secondary N) is 2. The van der Waals surface area contributed by atoms with Crippen LogP contribution in [-0.2, 0) is 6.54 Å². The van der Waals surface area contributed by atoms with E-state index < -0.39 is 0 Å². The fourth-order valence-corrected chi connectivity index (χ4v) is 2.10. The third kappa shape index (κ3) is 6.49. The number of hydrogen-bond donors (Lipinski definition) is 2. The number of halogens is 2. The molecular formula is C18H22FIN4O. The van der Waals surface area contributed by atoms with Crippen LogP contribution < -0.4 is 15.4 Å². The third-order valence-corrected chi connectivity index (χ3v) is 3.52. The predicted molar refractivity (Wildman–Crippen MR) is 107 cm³/mol. The molecule has 0 aliphatic heterocycles. The van der Waals surface area contributed by atoms with Crippen molar-refractivity contribution in [2.24, 2.45) is 4.99 Å². The normalized spacial score (nSPS) is 13.8. The Balaban J connectivity index is 0.00000225. The summed E-state index contributed by atoms with van der Waals surface area (Å²) in [5.74, 6) is 1.57. The van der Waals surface area contributed by atoms with Crippen molar-refractivity contribution in [3.05, 3.63) is 54.0 Å². The van der Waals surface area contributed by atoms with Crippen LogP contribution in [0.3, 0.4) is 0 Å². The topological polar surface area (TPSA) is 58.5 Å². The molecule has 0 spiro atoms. The lowest BCUT2D eigenvalue weighted by molar-refractivity contribution is 0.461. The van der Waals surface area contributed by atoms with Crippen LogP contribution in [0.2, 0.25) is 0 Å². The fourth-order valence-electron chi connectivity index (χ4n) is 2.10. The van der Waals surface area contributed by atoms with Gasteiger partial charge in [-0.15, -0.1) is 24.0 Å². The minimum absolute atomic E-state index is 0. The van der Waals surface area contributed by atoms with Crippen LogP contribution in [0.15, 0.2) is 47.6 Å². The molecule has 1 saturated carbocycles. The van der Waals surface area contributed by atoms with Gasteiger partial charge in [0.25, 0.3) is 0 Å². The summed E-state index contributed by atoms with van der Waals surface area (Å²) >= 11 is 0. The molecule has 25 heavy (non-hydrogen) atoms. The Morgan fingerprint density at radius 3 is 2.60 bits per heavy atom. The van der Waals surface area contributed by atoms with Crippen molar-refractivity contribution in [1.82, 2.24) is 15.6 Å². The second-order valence-electron chi connectivity index (χ2n) is 5.67. The van der Waals surface area contributed by atoms with Gasteiger partial charge in [-0.05, 0) is 49.6 Å². The van der Waals surface area contributed by atoms with Gasteiger partial charge in [0, 0.05) is 24.8 Å². The Morgan fingerprint density at radius 2 is 2.00 bits per heavy atom. The molecule has 134 valence electrons. The Labute approximate surface area is 164 Å². The lowest BCUT2D eigenvalue weighted by Gasteiger charge is -2.10. The zero-order valence-electron chi connectivity index (χ0n) is 14.0. The quantitative estimate of drug-likeness (QED) is 0.394. The molecule has 1 aliphatic carbocycles. The molecule has 1 aliphatic rings. The predicted octanol–water partition coefficient (Wildman–Crippen LogP) is 3.85. The highest BCUT2D eigenvalue weighted by Crippen LogP contribution is 2.20. The molecule has 2 aromatic rings. The highest BCUT2D eigenvalue weighted by atomic mass is 127. The lowest BCUT2D eigenvalue weighted by atomic mass is 10.3. The molecule has 1 heterocycles. The van der Waals surface area contributed by atoms with Crippen molar-refractivity contribution < 1.29 is 9.13 Å². The third-order valence-electron chi connectivity index (χ3n) is 3.52. The Hall–Kier alpha value is -1.90. The SMILES string of the molecule is CCNC(=NCc1ccc(Oc2ccc(F)cc2)nc1)NC1CC1.I. The van der Waals surface area contributed by atoms with Gasteiger partial charge in [-0.3, -0.25) is 0 Å². The summed E-state index contributed by atoms with van der Waals surface area (Å²) < 4.78 is 18.4. The van der Waals surface area contributed by atoms with E-state index in [0.29, 0.717) is 24.2 Å². The van der Waals surface area contributed by atoms with Crippen LogP contribution >= 0.6 is 24.0 Å².